The molecule has 1 saturated heterocycles. The number of H-pyrrole nitrogens is 1. The molecule has 0 spiro atoms. The van der Waals surface area contributed by atoms with Gasteiger partial charge in [-0.25, -0.2) is 9.67 Å². The van der Waals surface area contributed by atoms with E-state index in [1.54, 1.807) is 0 Å². The predicted octanol–water partition coefficient (Wildman–Crippen LogP) is 3.35. The van der Waals surface area contributed by atoms with Gasteiger partial charge in [-0.2, -0.15) is 10.3 Å². The van der Waals surface area contributed by atoms with Crippen molar-refractivity contribution in [3.8, 4) is 22.6 Å². The van der Waals surface area contributed by atoms with Crippen molar-refractivity contribution >= 4 is 0 Å². The van der Waals surface area contributed by atoms with Gasteiger partial charge in [0.15, 0.2) is 0 Å². The zero-order valence-electron chi connectivity index (χ0n) is 18.5. The third kappa shape index (κ3) is 4.81. The zero-order valence-corrected chi connectivity index (χ0v) is 18.5. The van der Waals surface area contributed by atoms with Crippen LogP contribution in [0.25, 0.3) is 22.6 Å². The van der Waals surface area contributed by atoms with Crippen LogP contribution in [-0.4, -0.2) is 53.6 Å². The molecule has 1 aliphatic heterocycles. The fraction of sp³-hybridized carbons (Fsp3) is 0.391. The lowest BCUT2D eigenvalue weighted by atomic mass is 10.0. The van der Waals surface area contributed by atoms with Gasteiger partial charge < -0.3 is 9.47 Å². The normalized spacial score (nSPS) is 14.6. The van der Waals surface area contributed by atoms with Gasteiger partial charge in [0.25, 0.3) is 0 Å². The molecule has 170 valence electrons. The Kier molecular flexibility index (Phi) is 6.45. The van der Waals surface area contributed by atoms with Crippen LogP contribution >= 0.6 is 0 Å². The Hall–Kier alpha value is -3.50. The molecule has 0 saturated carbocycles. The fourth-order valence-electron chi connectivity index (χ4n) is 3.80. The first-order valence-corrected chi connectivity index (χ1v) is 11.3. The first kappa shape index (κ1) is 21.4. The molecule has 0 bridgehead atoms. The van der Waals surface area contributed by atoms with E-state index in [0.29, 0.717) is 31.3 Å². The fourth-order valence-corrected chi connectivity index (χ4v) is 3.80. The minimum Gasteiger partial charge on any atom is -0.346 e. The third-order valence-corrected chi connectivity index (χ3v) is 5.50. The molecule has 0 radical (unpaired) electrons. The van der Waals surface area contributed by atoms with Gasteiger partial charge in [0.05, 0.1) is 18.9 Å². The number of hydrogen-bond donors (Lipinski definition) is 1. The number of ether oxygens (including phenoxy) is 2. The van der Waals surface area contributed by atoms with Crippen molar-refractivity contribution in [3.63, 3.8) is 0 Å². The molecule has 4 heterocycles. The van der Waals surface area contributed by atoms with Crippen molar-refractivity contribution in [2.45, 2.75) is 45.4 Å². The van der Waals surface area contributed by atoms with Crippen molar-refractivity contribution in [2.75, 3.05) is 13.2 Å². The molecule has 0 atom stereocenters. The Morgan fingerprint density at radius 3 is 2.67 bits per heavy atom. The van der Waals surface area contributed by atoms with Gasteiger partial charge in [0.1, 0.15) is 5.82 Å². The second kappa shape index (κ2) is 9.97. The lowest BCUT2D eigenvalue weighted by molar-refractivity contribution is -0.187. The largest absolute Gasteiger partial charge is 0.346 e. The monoisotopic (exact) mass is 446 g/mol. The summed E-state index contributed by atoms with van der Waals surface area (Å²) >= 11 is 0. The molecule has 1 N–H and O–H groups in total. The summed E-state index contributed by atoms with van der Waals surface area (Å²) in [5.41, 5.74) is 3.72. The number of aryl methyl sites for hydroxylation is 1. The average molecular weight is 447 g/mol. The highest BCUT2D eigenvalue weighted by atomic mass is 16.7. The molecular weight excluding hydrogens is 420 g/mol. The number of aromatic amines is 1. The Balaban J connectivity index is 1.38. The van der Waals surface area contributed by atoms with Gasteiger partial charge in [-0.15, -0.1) is 10.2 Å². The predicted molar refractivity (Wildman–Crippen MR) is 120 cm³/mol. The van der Waals surface area contributed by atoms with Crippen molar-refractivity contribution in [2.24, 2.45) is 0 Å². The van der Waals surface area contributed by atoms with Crippen LogP contribution in [0, 0.1) is 0 Å². The second-order valence-electron chi connectivity index (χ2n) is 7.90. The number of benzene rings is 1. The van der Waals surface area contributed by atoms with Crippen molar-refractivity contribution in [1.29, 1.82) is 0 Å². The molecule has 10 heteroatoms. The lowest BCUT2D eigenvalue weighted by Gasteiger charge is -2.20. The topological polar surface area (TPSA) is 117 Å². The standard InChI is InChI=1S/C23H26N8O2/c1-2-3-11-31-20(25-22(28-31)23-32-12-6-13-33-23)14-16-9-10-19(24-15-16)17-7-4-5-8-18(17)21-26-29-30-27-21/h4-5,7-10,15,23H,2-3,6,11-14H2,1H3,(H,26,27,29,30). The van der Waals surface area contributed by atoms with E-state index in [2.05, 4.69) is 38.7 Å². The second-order valence-corrected chi connectivity index (χ2v) is 7.90. The van der Waals surface area contributed by atoms with Crippen LogP contribution in [0.2, 0.25) is 0 Å². The summed E-state index contributed by atoms with van der Waals surface area (Å²) in [5.74, 6) is 2.03. The zero-order chi connectivity index (χ0) is 22.5. The molecule has 4 aromatic rings. The molecule has 5 rings (SSSR count). The maximum Gasteiger partial charge on any atom is 0.221 e. The highest BCUT2D eigenvalue weighted by molar-refractivity contribution is 5.78. The van der Waals surface area contributed by atoms with E-state index >= 15 is 0 Å². The Morgan fingerprint density at radius 1 is 1.09 bits per heavy atom. The van der Waals surface area contributed by atoms with E-state index in [4.69, 9.17) is 19.4 Å². The molecule has 33 heavy (non-hydrogen) atoms. The summed E-state index contributed by atoms with van der Waals surface area (Å²) in [4.78, 5) is 9.47. The van der Waals surface area contributed by atoms with Crippen molar-refractivity contribution in [3.05, 3.63) is 59.8 Å². The molecule has 1 aliphatic rings. The summed E-state index contributed by atoms with van der Waals surface area (Å²) in [5, 5.41) is 19.1. The molecule has 0 aliphatic carbocycles. The summed E-state index contributed by atoms with van der Waals surface area (Å²) in [7, 11) is 0. The summed E-state index contributed by atoms with van der Waals surface area (Å²) in [6.07, 6.45) is 5.04. The van der Waals surface area contributed by atoms with Crippen LogP contribution in [0.4, 0.5) is 0 Å². The quantitative estimate of drug-likeness (QED) is 0.438. The molecule has 0 unspecified atom stereocenters. The highest BCUT2D eigenvalue weighted by Crippen LogP contribution is 2.28. The summed E-state index contributed by atoms with van der Waals surface area (Å²) in [6.45, 7) is 4.31. The first-order valence-electron chi connectivity index (χ1n) is 11.3. The van der Waals surface area contributed by atoms with Gasteiger partial charge in [0, 0.05) is 30.3 Å². The number of nitrogens with one attached hydrogen (secondary N) is 1. The first-order chi connectivity index (χ1) is 16.3. The van der Waals surface area contributed by atoms with Crippen LogP contribution in [0.3, 0.4) is 0 Å². The SMILES string of the molecule is CCCCn1nc(C2OCCCO2)nc1Cc1ccc(-c2ccccc2-c2nn[nH]n2)nc1. The highest BCUT2D eigenvalue weighted by Gasteiger charge is 2.23. The van der Waals surface area contributed by atoms with Gasteiger partial charge in [-0.1, -0.05) is 43.7 Å². The van der Waals surface area contributed by atoms with Crippen LogP contribution in [0.5, 0.6) is 0 Å². The minimum atomic E-state index is -0.484. The van der Waals surface area contributed by atoms with Crippen LogP contribution < -0.4 is 0 Å². The van der Waals surface area contributed by atoms with Gasteiger partial charge >= 0.3 is 0 Å². The maximum atomic E-state index is 5.70. The number of pyridine rings is 1. The number of aromatic nitrogens is 8. The van der Waals surface area contributed by atoms with E-state index < -0.39 is 6.29 Å². The van der Waals surface area contributed by atoms with Gasteiger partial charge in [-0.05, 0) is 29.7 Å². The maximum absolute atomic E-state index is 5.70. The van der Waals surface area contributed by atoms with Crippen molar-refractivity contribution < 1.29 is 9.47 Å². The number of hydrogen-bond acceptors (Lipinski definition) is 8. The van der Waals surface area contributed by atoms with E-state index in [-0.39, 0.29) is 0 Å². The molecule has 1 fully saturated rings. The average Bonchev–Trinajstić information content (AvgIpc) is 3.54. The number of rotatable bonds is 8. The van der Waals surface area contributed by atoms with E-state index in [1.807, 2.05) is 41.2 Å². The molecular formula is C23H26N8O2. The number of unbranched alkanes of at least 4 members (excludes halogenated alkanes) is 1. The lowest BCUT2D eigenvalue weighted by Crippen LogP contribution is -2.19. The molecule has 10 nitrogen and oxygen atoms in total. The van der Waals surface area contributed by atoms with Crippen LogP contribution in [0.1, 0.15) is 49.7 Å². The molecule has 3 aromatic heterocycles. The smallest absolute Gasteiger partial charge is 0.221 e. The summed E-state index contributed by atoms with van der Waals surface area (Å²) in [6, 6.07) is 12.0. The molecule has 1 aromatic carbocycles. The third-order valence-electron chi connectivity index (χ3n) is 5.50. The van der Waals surface area contributed by atoms with E-state index in [0.717, 1.165) is 54.0 Å². The van der Waals surface area contributed by atoms with Crippen LogP contribution in [-0.2, 0) is 22.4 Å². The Labute approximate surface area is 191 Å². The number of tetrazole rings is 1. The van der Waals surface area contributed by atoms with Gasteiger partial charge in [0.2, 0.25) is 17.9 Å². The minimum absolute atomic E-state index is 0.484. The Bertz CT molecular complexity index is 1170. The number of nitrogens with zero attached hydrogens (tertiary/aromatic N) is 7. The summed E-state index contributed by atoms with van der Waals surface area (Å²) < 4.78 is 13.4. The van der Waals surface area contributed by atoms with Crippen molar-refractivity contribution in [1.82, 2.24) is 40.4 Å². The van der Waals surface area contributed by atoms with Gasteiger partial charge in [-0.3, -0.25) is 4.98 Å². The van der Waals surface area contributed by atoms with Crippen LogP contribution in [0.15, 0.2) is 42.6 Å². The van der Waals surface area contributed by atoms with E-state index in [1.165, 1.54) is 0 Å². The molecule has 0 amide bonds. The Morgan fingerprint density at radius 2 is 1.94 bits per heavy atom. The van der Waals surface area contributed by atoms with E-state index in [9.17, 15) is 0 Å².